The van der Waals surface area contributed by atoms with Crippen molar-refractivity contribution < 1.29 is 9.59 Å². The standard InChI is InChI=1S/C15H21BrN2O2/c1-3-13(4-2)18-14(19)9-10-17-15(20)11-5-7-12(16)8-6-11/h5-8,13H,3-4,9-10H2,1-2H3,(H,17,20)(H,18,19). The second-order valence-electron chi connectivity index (χ2n) is 4.59. The molecule has 20 heavy (non-hydrogen) atoms. The van der Waals surface area contributed by atoms with E-state index in [9.17, 15) is 9.59 Å². The molecule has 0 aliphatic heterocycles. The maximum absolute atomic E-state index is 11.8. The van der Waals surface area contributed by atoms with Crippen molar-refractivity contribution in [2.24, 2.45) is 0 Å². The van der Waals surface area contributed by atoms with Crippen LogP contribution in [0.15, 0.2) is 28.7 Å². The first-order valence-electron chi connectivity index (χ1n) is 6.90. The molecule has 0 fully saturated rings. The Kier molecular flexibility index (Phi) is 7.30. The molecule has 0 saturated carbocycles. The average Bonchev–Trinajstić information content (AvgIpc) is 2.45. The van der Waals surface area contributed by atoms with Crippen LogP contribution < -0.4 is 10.6 Å². The van der Waals surface area contributed by atoms with Crippen LogP contribution in [0.25, 0.3) is 0 Å². The van der Waals surface area contributed by atoms with Gasteiger partial charge in [-0.05, 0) is 37.1 Å². The summed E-state index contributed by atoms with van der Waals surface area (Å²) in [6.45, 7) is 4.44. The molecular weight excluding hydrogens is 320 g/mol. The van der Waals surface area contributed by atoms with Gasteiger partial charge in [0.25, 0.3) is 5.91 Å². The lowest BCUT2D eigenvalue weighted by atomic mass is 10.1. The van der Waals surface area contributed by atoms with E-state index in [4.69, 9.17) is 0 Å². The topological polar surface area (TPSA) is 58.2 Å². The predicted molar refractivity (Wildman–Crippen MR) is 83.6 cm³/mol. The second kappa shape index (κ2) is 8.74. The van der Waals surface area contributed by atoms with Crippen molar-refractivity contribution in [3.8, 4) is 0 Å². The van der Waals surface area contributed by atoms with Gasteiger partial charge in [0, 0.05) is 29.0 Å². The summed E-state index contributed by atoms with van der Waals surface area (Å²) < 4.78 is 0.929. The highest BCUT2D eigenvalue weighted by Gasteiger charge is 2.09. The summed E-state index contributed by atoms with van der Waals surface area (Å²) in [4.78, 5) is 23.5. The molecule has 0 spiro atoms. The van der Waals surface area contributed by atoms with Crippen LogP contribution in [0.1, 0.15) is 43.5 Å². The summed E-state index contributed by atoms with van der Waals surface area (Å²) in [6, 6.07) is 7.33. The number of rotatable bonds is 7. The van der Waals surface area contributed by atoms with Crippen molar-refractivity contribution in [1.82, 2.24) is 10.6 Å². The molecule has 110 valence electrons. The zero-order valence-electron chi connectivity index (χ0n) is 11.9. The first kappa shape index (κ1) is 16.7. The quantitative estimate of drug-likeness (QED) is 0.801. The van der Waals surface area contributed by atoms with Gasteiger partial charge in [-0.1, -0.05) is 29.8 Å². The Morgan fingerprint density at radius 2 is 1.75 bits per heavy atom. The van der Waals surface area contributed by atoms with Gasteiger partial charge in [0.15, 0.2) is 0 Å². The van der Waals surface area contributed by atoms with E-state index >= 15 is 0 Å². The van der Waals surface area contributed by atoms with E-state index in [2.05, 4.69) is 26.6 Å². The van der Waals surface area contributed by atoms with Crippen LogP contribution in [0.2, 0.25) is 0 Å². The van der Waals surface area contributed by atoms with Gasteiger partial charge in [-0.25, -0.2) is 0 Å². The minimum absolute atomic E-state index is 0.0187. The average molecular weight is 341 g/mol. The smallest absolute Gasteiger partial charge is 0.251 e. The molecule has 0 atom stereocenters. The summed E-state index contributed by atoms with van der Waals surface area (Å²) in [5.74, 6) is -0.178. The molecule has 0 aliphatic rings. The first-order chi connectivity index (χ1) is 9.56. The largest absolute Gasteiger partial charge is 0.353 e. The van der Waals surface area contributed by atoms with E-state index in [0.29, 0.717) is 18.5 Å². The molecule has 2 N–H and O–H groups in total. The molecule has 0 bridgehead atoms. The van der Waals surface area contributed by atoms with Crippen molar-refractivity contribution in [3.63, 3.8) is 0 Å². The summed E-state index contributed by atoms with van der Waals surface area (Å²) in [7, 11) is 0. The third-order valence-corrected chi connectivity index (χ3v) is 3.62. The van der Waals surface area contributed by atoms with Crippen LogP contribution in [0.3, 0.4) is 0 Å². The van der Waals surface area contributed by atoms with Crippen LogP contribution in [0, 0.1) is 0 Å². The highest BCUT2D eigenvalue weighted by Crippen LogP contribution is 2.10. The molecule has 0 saturated heterocycles. The van der Waals surface area contributed by atoms with Crippen molar-refractivity contribution in [3.05, 3.63) is 34.3 Å². The van der Waals surface area contributed by atoms with Crippen LogP contribution in [-0.4, -0.2) is 24.4 Å². The summed E-state index contributed by atoms with van der Waals surface area (Å²) >= 11 is 3.32. The molecular formula is C15H21BrN2O2. The summed E-state index contributed by atoms with van der Waals surface area (Å²) in [5.41, 5.74) is 0.591. The van der Waals surface area contributed by atoms with E-state index in [-0.39, 0.29) is 17.9 Å². The zero-order valence-corrected chi connectivity index (χ0v) is 13.5. The van der Waals surface area contributed by atoms with Gasteiger partial charge in [-0.3, -0.25) is 9.59 Å². The third-order valence-electron chi connectivity index (χ3n) is 3.09. The van der Waals surface area contributed by atoms with Gasteiger partial charge in [0.05, 0.1) is 0 Å². The second-order valence-corrected chi connectivity index (χ2v) is 5.51. The zero-order chi connectivity index (χ0) is 15.0. The number of carbonyl (C=O) groups is 2. The van der Waals surface area contributed by atoms with Gasteiger partial charge >= 0.3 is 0 Å². The Labute approximate surface area is 128 Å². The molecule has 0 unspecified atom stereocenters. The molecule has 5 heteroatoms. The van der Waals surface area contributed by atoms with Gasteiger partial charge in [0.1, 0.15) is 0 Å². The summed E-state index contributed by atoms with van der Waals surface area (Å²) in [5, 5.41) is 5.68. The van der Waals surface area contributed by atoms with Gasteiger partial charge < -0.3 is 10.6 Å². The van der Waals surface area contributed by atoms with Gasteiger partial charge in [-0.15, -0.1) is 0 Å². The van der Waals surface area contributed by atoms with E-state index in [0.717, 1.165) is 17.3 Å². The number of amides is 2. The molecule has 0 heterocycles. The van der Waals surface area contributed by atoms with Crippen molar-refractivity contribution in [1.29, 1.82) is 0 Å². The maximum Gasteiger partial charge on any atom is 0.251 e. The third kappa shape index (κ3) is 5.74. The predicted octanol–water partition coefficient (Wildman–Crippen LogP) is 2.87. The number of carbonyl (C=O) groups excluding carboxylic acids is 2. The molecule has 0 radical (unpaired) electrons. The molecule has 1 rings (SSSR count). The Morgan fingerprint density at radius 1 is 1.15 bits per heavy atom. The number of halogens is 1. The molecule has 0 aliphatic carbocycles. The molecule has 2 amide bonds. The first-order valence-corrected chi connectivity index (χ1v) is 7.69. The monoisotopic (exact) mass is 340 g/mol. The minimum Gasteiger partial charge on any atom is -0.353 e. The molecule has 0 aromatic heterocycles. The van der Waals surface area contributed by atoms with Crippen LogP contribution in [0.5, 0.6) is 0 Å². The van der Waals surface area contributed by atoms with Crippen LogP contribution in [0.4, 0.5) is 0 Å². The fraction of sp³-hybridized carbons (Fsp3) is 0.467. The lowest BCUT2D eigenvalue weighted by Gasteiger charge is -2.14. The van der Waals surface area contributed by atoms with Crippen molar-refractivity contribution in [2.75, 3.05) is 6.54 Å². The van der Waals surface area contributed by atoms with Gasteiger partial charge in [-0.2, -0.15) is 0 Å². The Bertz CT molecular complexity index is 442. The van der Waals surface area contributed by atoms with E-state index < -0.39 is 0 Å². The van der Waals surface area contributed by atoms with Crippen LogP contribution in [-0.2, 0) is 4.79 Å². The van der Waals surface area contributed by atoms with E-state index in [1.54, 1.807) is 12.1 Å². The summed E-state index contributed by atoms with van der Waals surface area (Å²) in [6.07, 6.45) is 2.15. The number of hydrogen-bond donors (Lipinski definition) is 2. The molecule has 1 aromatic rings. The van der Waals surface area contributed by atoms with Crippen LogP contribution >= 0.6 is 15.9 Å². The lowest BCUT2D eigenvalue weighted by Crippen LogP contribution is -2.36. The number of benzene rings is 1. The normalized spacial score (nSPS) is 10.4. The molecule has 4 nitrogen and oxygen atoms in total. The van der Waals surface area contributed by atoms with Crippen molar-refractivity contribution in [2.45, 2.75) is 39.2 Å². The Balaban J connectivity index is 2.31. The number of hydrogen-bond acceptors (Lipinski definition) is 2. The Hall–Kier alpha value is -1.36. The SMILES string of the molecule is CCC(CC)NC(=O)CCNC(=O)c1ccc(Br)cc1. The molecule has 1 aromatic carbocycles. The highest BCUT2D eigenvalue weighted by molar-refractivity contribution is 9.10. The minimum atomic E-state index is -0.159. The fourth-order valence-corrected chi connectivity index (χ4v) is 2.05. The van der Waals surface area contributed by atoms with E-state index in [1.165, 1.54) is 0 Å². The van der Waals surface area contributed by atoms with Gasteiger partial charge in [0.2, 0.25) is 5.91 Å². The lowest BCUT2D eigenvalue weighted by molar-refractivity contribution is -0.121. The van der Waals surface area contributed by atoms with Crippen molar-refractivity contribution >= 4 is 27.7 Å². The highest BCUT2D eigenvalue weighted by atomic mass is 79.9. The fourth-order valence-electron chi connectivity index (χ4n) is 1.79. The Morgan fingerprint density at radius 3 is 2.30 bits per heavy atom. The van der Waals surface area contributed by atoms with E-state index in [1.807, 2.05) is 26.0 Å². The number of nitrogens with one attached hydrogen (secondary N) is 2. The maximum atomic E-state index is 11.8.